The summed E-state index contributed by atoms with van der Waals surface area (Å²) in [5.74, 6) is 0.00374. The quantitative estimate of drug-likeness (QED) is 0.309. The highest BCUT2D eigenvalue weighted by Crippen LogP contribution is 2.26. The lowest BCUT2D eigenvalue weighted by atomic mass is 10.1. The molecule has 0 aliphatic heterocycles. The van der Waals surface area contributed by atoms with Crippen LogP contribution in [0.2, 0.25) is 0 Å². The molecular formula is C20H19BrN2O3S. The van der Waals surface area contributed by atoms with Crippen LogP contribution in [0.15, 0.2) is 63.0 Å². The SMILES string of the molecule is COCCn1c(SC(C)C(=O)c2ccccc2)nc2ccc(Br)cc2c1=O. The molecule has 1 heterocycles. The number of benzene rings is 2. The molecule has 0 saturated carbocycles. The van der Waals surface area contributed by atoms with Crippen molar-refractivity contribution in [2.75, 3.05) is 13.7 Å². The summed E-state index contributed by atoms with van der Waals surface area (Å²) in [6.45, 7) is 2.59. The second-order valence-corrected chi connectivity index (χ2v) is 8.22. The van der Waals surface area contributed by atoms with Gasteiger partial charge in [0.05, 0.1) is 29.3 Å². The average molecular weight is 447 g/mol. The Morgan fingerprint density at radius 2 is 2.00 bits per heavy atom. The number of thioether (sulfide) groups is 1. The molecule has 1 unspecified atom stereocenters. The maximum absolute atomic E-state index is 13.0. The van der Waals surface area contributed by atoms with Crippen molar-refractivity contribution in [3.63, 3.8) is 0 Å². The van der Waals surface area contributed by atoms with Gasteiger partial charge >= 0.3 is 0 Å². The molecule has 27 heavy (non-hydrogen) atoms. The minimum Gasteiger partial charge on any atom is -0.383 e. The van der Waals surface area contributed by atoms with E-state index in [-0.39, 0.29) is 16.6 Å². The van der Waals surface area contributed by atoms with Crippen molar-refractivity contribution in [2.45, 2.75) is 23.9 Å². The van der Waals surface area contributed by atoms with Gasteiger partial charge in [0, 0.05) is 17.1 Å². The standard InChI is InChI=1S/C20H19BrN2O3S/c1-13(18(24)14-6-4-3-5-7-14)27-20-22-17-9-8-15(21)12-16(17)19(25)23(20)10-11-26-2/h3-9,12-13H,10-11H2,1-2H3. The van der Waals surface area contributed by atoms with Crippen LogP contribution in [0, 0.1) is 0 Å². The van der Waals surface area contributed by atoms with E-state index in [4.69, 9.17) is 4.74 Å². The molecule has 0 aliphatic carbocycles. The summed E-state index contributed by atoms with van der Waals surface area (Å²) in [6.07, 6.45) is 0. The molecule has 5 nitrogen and oxygen atoms in total. The van der Waals surface area contributed by atoms with Crippen molar-refractivity contribution in [3.8, 4) is 0 Å². The fraction of sp³-hybridized carbons (Fsp3) is 0.250. The van der Waals surface area contributed by atoms with E-state index >= 15 is 0 Å². The van der Waals surface area contributed by atoms with Gasteiger partial charge in [-0.05, 0) is 25.1 Å². The predicted molar refractivity (Wildman–Crippen MR) is 112 cm³/mol. The lowest BCUT2D eigenvalue weighted by molar-refractivity contribution is 0.0994. The van der Waals surface area contributed by atoms with E-state index in [1.807, 2.05) is 31.2 Å². The molecular weight excluding hydrogens is 428 g/mol. The van der Waals surface area contributed by atoms with Crippen LogP contribution in [-0.2, 0) is 11.3 Å². The van der Waals surface area contributed by atoms with Crippen LogP contribution < -0.4 is 5.56 Å². The first-order valence-electron chi connectivity index (χ1n) is 8.46. The van der Waals surface area contributed by atoms with Gasteiger partial charge in [0.1, 0.15) is 0 Å². The fourth-order valence-corrected chi connectivity index (χ4v) is 4.06. The van der Waals surface area contributed by atoms with E-state index in [1.54, 1.807) is 35.9 Å². The molecule has 3 rings (SSSR count). The summed E-state index contributed by atoms with van der Waals surface area (Å²) in [6, 6.07) is 14.6. The van der Waals surface area contributed by atoms with Crippen LogP contribution in [0.25, 0.3) is 10.9 Å². The maximum atomic E-state index is 13.0. The van der Waals surface area contributed by atoms with Gasteiger partial charge in [-0.3, -0.25) is 14.2 Å². The summed E-state index contributed by atoms with van der Waals surface area (Å²) in [5, 5.41) is 0.677. The molecule has 1 atom stereocenters. The summed E-state index contributed by atoms with van der Waals surface area (Å²) in [4.78, 5) is 30.3. The number of halogens is 1. The molecule has 1 aromatic heterocycles. The molecule has 2 aromatic carbocycles. The fourth-order valence-electron chi connectivity index (χ4n) is 2.69. The van der Waals surface area contributed by atoms with Gasteiger partial charge in [-0.1, -0.05) is 58.0 Å². The molecule has 0 amide bonds. The topological polar surface area (TPSA) is 61.2 Å². The van der Waals surface area contributed by atoms with Crippen LogP contribution in [0.3, 0.4) is 0 Å². The first-order chi connectivity index (χ1) is 13.0. The summed E-state index contributed by atoms with van der Waals surface area (Å²) in [7, 11) is 1.59. The Hall–Kier alpha value is -1.96. The van der Waals surface area contributed by atoms with Crippen molar-refractivity contribution in [3.05, 3.63) is 68.9 Å². The number of fused-ring (bicyclic) bond motifs is 1. The van der Waals surface area contributed by atoms with E-state index in [2.05, 4.69) is 20.9 Å². The molecule has 0 fully saturated rings. The number of rotatable bonds is 7. The van der Waals surface area contributed by atoms with E-state index in [1.165, 1.54) is 11.8 Å². The molecule has 140 valence electrons. The lowest BCUT2D eigenvalue weighted by Gasteiger charge is -2.16. The third-order valence-electron chi connectivity index (χ3n) is 4.11. The Kier molecular flexibility index (Phi) is 6.46. The molecule has 0 bridgehead atoms. The Morgan fingerprint density at radius 1 is 1.26 bits per heavy atom. The molecule has 0 spiro atoms. The summed E-state index contributed by atoms with van der Waals surface area (Å²) in [5.41, 5.74) is 1.12. The Balaban J connectivity index is 2.00. The molecule has 0 saturated heterocycles. The number of hydrogen-bond donors (Lipinski definition) is 0. The van der Waals surface area contributed by atoms with Gasteiger partial charge in [-0.15, -0.1) is 0 Å². The van der Waals surface area contributed by atoms with Crippen LogP contribution in [-0.4, -0.2) is 34.3 Å². The Morgan fingerprint density at radius 3 is 2.70 bits per heavy atom. The zero-order valence-electron chi connectivity index (χ0n) is 15.0. The number of aromatic nitrogens is 2. The Bertz CT molecular complexity index is 1020. The first kappa shape index (κ1) is 19.8. The highest BCUT2D eigenvalue weighted by molar-refractivity contribution is 9.10. The lowest BCUT2D eigenvalue weighted by Crippen LogP contribution is -2.26. The predicted octanol–water partition coefficient (Wildman–Crippen LogP) is 4.17. The summed E-state index contributed by atoms with van der Waals surface area (Å²) >= 11 is 4.69. The van der Waals surface area contributed by atoms with Crippen molar-refractivity contribution in [1.82, 2.24) is 9.55 Å². The van der Waals surface area contributed by atoms with E-state index in [9.17, 15) is 9.59 Å². The van der Waals surface area contributed by atoms with Gasteiger partial charge in [0.15, 0.2) is 10.9 Å². The molecule has 7 heteroatoms. The highest BCUT2D eigenvalue weighted by Gasteiger charge is 2.20. The van der Waals surface area contributed by atoms with Gasteiger partial charge in [0.2, 0.25) is 0 Å². The zero-order valence-corrected chi connectivity index (χ0v) is 17.4. The second kappa shape index (κ2) is 8.82. The van der Waals surface area contributed by atoms with Gasteiger partial charge in [-0.25, -0.2) is 4.98 Å². The Labute approximate surface area is 169 Å². The number of nitrogens with zero attached hydrogens (tertiary/aromatic N) is 2. The molecule has 3 aromatic rings. The van der Waals surface area contributed by atoms with Crippen LogP contribution in [0.4, 0.5) is 0 Å². The largest absolute Gasteiger partial charge is 0.383 e. The number of ether oxygens (including phenoxy) is 1. The third kappa shape index (κ3) is 4.48. The minimum atomic E-state index is -0.374. The van der Waals surface area contributed by atoms with Gasteiger partial charge in [0.25, 0.3) is 5.56 Å². The third-order valence-corrected chi connectivity index (χ3v) is 5.69. The van der Waals surface area contributed by atoms with E-state index in [0.717, 1.165) is 4.47 Å². The number of Topliss-reactive ketones (excluding diaryl/α,β-unsaturated/α-hetero) is 1. The smallest absolute Gasteiger partial charge is 0.262 e. The molecule has 0 radical (unpaired) electrons. The summed E-state index contributed by atoms with van der Waals surface area (Å²) < 4.78 is 7.54. The van der Waals surface area contributed by atoms with Crippen LogP contribution >= 0.6 is 27.7 Å². The molecule has 0 N–H and O–H groups in total. The van der Waals surface area contributed by atoms with E-state index in [0.29, 0.717) is 34.8 Å². The number of hydrogen-bond acceptors (Lipinski definition) is 5. The second-order valence-electron chi connectivity index (χ2n) is 6.00. The normalized spacial score (nSPS) is 12.3. The number of methoxy groups -OCH3 is 1. The number of ketones is 1. The van der Waals surface area contributed by atoms with Crippen LogP contribution in [0.5, 0.6) is 0 Å². The van der Waals surface area contributed by atoms with Crippen molar-refractivity contribution >= 4 is 44.4 Å². The zero-order chi connectivity index (χ0) is 19.4. The first-order valence-corrected chi connectivity index (χ1v) is 10.1. The van der Waals surface area contributed by atoms with Crippen molar-refractivity contribution in [1.29, 1.82) is 0 Å². The molecule has 0 aliphatic rings. The number of carbonyl (C=O) groups is 1. The van der Waals surface area contributed by atoms with Gasteiger partial charge in [-0.2, -0.15) is 0 Å². The van der Waals surface area contributed by atoms with Crippen LogP contribution in [0.1, 0.15) is 17.3 Å². The maximum Gasteiger partial charge on any atom is 0.262 e. The highest BCUT2D eigenvalue weighted by atomic mass is 79.9. The van der Waals surface area contributed by atoms with Gasteiger partial charge < -0.3 is 4.74 Å². The average Bonchev–Trinajstić information content (AvgIpc) is 2.68. The minimum absolute atomic E-state index is 0.00374. The van der Waals surface area contributed by atoms with Crippen molar-refractivity contribution < 1.29 is 9.53 Å². The van der Waals surface area contributed by atoms with E-state index < -0.39 is 0 Å². The number of carbonyl (C=O) groups excluding carboxylic acids is 1. The van der Waals surface area contributed by atoms with Crippen molar-refractivity contribution in [2.24, 2.45) is 0 Å². The monoisotopic (exact) mass is 446 g/mol.